The Morgan fingerprint density at radius 1 is 1.12 bits per heavy atom. The third-order valence-electron chi connectivity index (χ3n) is 4.46. The van der Waals surface area contributed by atoms with Crippen molar-refractivity contribution < 1.29 is 14.7 Å². The van der Waals surface area contributed by atoms with Gasteiger partial charge in [-0.1, -0.05) is 23.8 Å². The lowest BCUT2D eigenvalue weighted by Gasteiger charge is -2.14. The number of benzene rings is 2. The van der Waals surface area contributed by atoms with E-state index >= 15 is 0 Å². The average molecular weight is 353 g/mol. The topological polar surface area (TPSA) is 90.5 Å². The highest BCUT2D eigenvalue weighted by molar-refractivity contribution is 6.05. The molecule has 0 spiro atoms. The number of hydrogen-bond donors (Lipinski definition) is 4. The zero-order valence-corrected chi connectivity index (χ0v) is 14.9. The van der Waals surface area contributed by atoms with Crippen molar-refractivity contribution in [1.82, 2.24) is 5.32 Å². The molecule has 6 heteroatoms. The summed E-state index contributed by atoms with van der Waals surface area (Å²) in [5.41, 5.74) is 3.75. The molecular formula is C20H23N3O3. The van der Waals surface area contributed by atoms with Crippen LogP contribution in [0.15, 0.2) is 42.5 Å². The maximum Gasteiger partial charge on any atom is 0.255 e. The maximum atomic E-state index is 12.5. The fourth-order valence-corrected chi connectivity index (χ4v) is 2.96. The monoisotopic (exact) mass is 353 g/mol. The van der Waals surface area contributed by atoms with Crippen molar-refractivity contribution in [3.05, 3.63) is 59.2 Å². The van der Waals surface area contributed by atoms with Crippen LogP contribution in [0.25, 0.3) is 0 Å². The largest absolute Gasteiger partial charge is 0.392 e. The second kappa shape index (κ2) is 7.68. The molecule has 1 heterocycles. The van der Waals surface area contributed by atoms with Crippen molar-refractivity contribution in [1.29, 1.82) is 0 Å². The minimum absolute atomic E-state index is 0.193. The van der Waals surface area contributed by atoms with E-state index in [1.54, 1.807) is 18.2 Å². The van der Waals surface area contributed by atoms with Crippen molar-refractivity contribution in [2.45, 2.75) is 32.4 Å². The van der Waals surface area contributed by atoms with E-state index in [-0.39, 0.29) is 11.8 Å². The molecule has 2 aromatic carbocycles. The van der Waals surface area contributed by atoms with E-state index < -0.39 is 12.1 Å². The molecule has 2 aromatic rings. The summed E-state index contributed by atoms with van der Waals surface area (Å²) < 4.78 is 0. The number of anilines is 2. The number of rotatable bonds is 4. The average Bonchev–Trinajstić information content (AvgIpc) is 3.04. The molecule has 0 radical (unpaired) electrons. The van der Waals surface area contributed by atoms with E-state index in [9.17, 15) is 14.7 Å². The molecule has 1 fully saturated rings. The molecule has 26 heavy (non-hydrogen) atoms. The molecule has 6 nitrogen and oxygen atoms in total. The minimum Gasteiger partial charge on any atom is -0.392 e. The molecule has 1 aliphatic rings. The molecule has 2 atom stereocenters. The Kier molecular flexibility index (Phi) is 5.35. The van der Waals surface area contributed by atoms with Gasteiger partial charge >= 0.3 is 0 Å². The van der Waals surface area contributed by atoms with Gasteiger partial charge in [-0.3, -0.25) is 9.59 Å². The second-order valence-corrected chi connectivity index (χ2v) is 6.69. The van der Waals surface area contributed by atoms with Gasteiger partial charge in [-0.15, -0.1) is 0 Å². The summed E-state index contributed by atoms with van der Waals surface area (Å²) in [7, 11) is 0. The van der Waals surface area contributed by atoms with Crippen LogP contribution < -0.4 is 16.0 Å². The van der Waals surface area contributed by atoms with Crippen molar-refractivity contribution in [3.63, 3.8) is 0 Å². The molecule has 1 saturated heterocycles. The number of β-amino-alcohol motifs (C(OH)–C–C–N with tert-alkyl or cyclic N) is 1. The van der Waals surface area contributed by atoms with Crippen molar-refractivity contribution in [3.8, 4) is 0 Å². The fraction of sp³-hybridized carbons (Fsp3) is 0.300. The molecule has 1 aliphatic heterocycles. The van der Waals surface area contributed by atoms with Gasteiger partial charge in [-0.05, 0) is 50.1 Å². The van der Waals surface area contributed by atoms with Gasteiger partial charge in [0, 0.05) is 23.5 Å². The highest BCUT2D eigenvalue weighted by Crippen LogP contribution is 2.22. The first-order valence-corrected chi connectivity index (χ1v) is 8.63. The smallest absolute Gasteiger partial charge is 0.255 e. The first-order chi connectivity index (χ1) is 12.4. The summed E-state index contributed by atoms with van der Waals surface area (Å²) in [6, 6.07) is 12.3. The van der Waals surface area contributed by atoms with Gasteiger partial charge in [0.05, 0.1) is 12.1 Å². The zero-order chi connectivity index (χ0) is 18.7. The van der Waals surface area contributed by atoms with Crippen LogP contribution in [0.5, 0.6) is 0 Å². The minimum atomic E-state index is -0.493. The van der Waals surface area contributed by atoms with Gasteiger partial charge in [-0.25, -0.2) is 0 Å². The molecular weight excluding hydrogens is 330 g/mol. The lowest BCUT2D eigenvalue weighted by Crippen LogP contribution is -2.35. The number of amides is 2. The number of carbonyl (C=O) groups excluding carboxylic acids is 2. The van der Waals surface area contributed by atoms with E-state index in [0.717, 1.165) is 11.1 Å². The number of aryl methyl sites for hydroxylation is 2. The van der Waals surface area contributed by atoms with Gasteiger partial charge in [-0.2, -0.15) is 0 Å². The summed E-state index contributed by atoms with van der Waals surface area (Å²) in [4.78, 5) is 24.7. The van der Waals surface area contributed by atoms with Crippen LogP contribution in [0.3, 0.4) is 0 Å². The van der Waals surface area contributed by atoms with Crippen LogP contribution in [0.1, 0.15) is 27.9 Å². The molecule has 3 rings (SSSR count). The number of aliphatic hydroxyl groups excluding tert-OH is 1. The van der Waals surface area contributed by atoms with Crippen LogP contribution in [0, 0.1) is 13.8 Å². The third-order valence-corrected chi connectivity index (χ3v) is 4.46. The molecule has 136 valence electrons. The maximum absolute atomic E-state index is 12.5. The van der Waals surface area contributed by atoms with Crippen molar-refractivity contribution in [2.24, 2.45) is 0 Å². The standard InChI is InChI=1S/C20H23N3O3/c1-12-4-3-5-14(8-12)19(25)23-17-9-15(7-6-13(17)2)22-20(26)18-10-16(24)11-21-18/h3-9,16,18,21,24H,10-11H2,1-2H3,(H,22,26)(H,23,25)/t16-,18-/m1/s1. The molecule has 0 aliphatic carbocycles. The third kappa shape index (κ3) is 4.28. The van der Waals surface area contributed by atoms with Crippen LogP contribution in [0.4, 0.5) is 11.4 Å². The second-order valence-electron chi connectivity index (χ2n) is 6.69. The lowest BCUT2D eigenvalue weighted by atomic mass is 10.1. The molecule has 4 N–H and O–H groups in total. The van der Waals surface area contributed by atoms with Crippen LogP contribution >= 0.6 is 0 Å². The fourth-order valence-electron chi connectivity index (χ4n) is 2.96. The molecule has 0 bridgehead atoms. The number of nitrogens with one attached hydrogen (secondary N) is 3. The van der Waals surface area contributed by atoms with Gasteiger partial charge in [0.25, 0.3) is 5.91 Å². The summed E-state index contributed by atoms with van der Waals surface area (Å²) >= 11 is 0. The van der Waals surface area contributed by atoms with Crippen LogP contribution in [0.2, 0.25) is 0 Å². The first-order valence-electron chi connectivity index (χ1n) is 8.63. The van der Waals surface area contributed by atoms with E-state index in [4.69, 9.17) is 0 Å². The van der Waals surface area contributed by atoms with E-state index in [1.165, 1.54) is 0 Å². The Balaban J connectivity index is 1.71. The van der Waals surface area contributed by atoms with E-state index in [0.29, 0.717) is 29.9 Å². The zero-order valence-electron chi connectivity index (χ0n) is 14.9. The predicted octanol–water partition coefficient (Wildman–Crippen LogP) is 2.22. The summed E-state index contributed by atoms with van der Waals surface area (Å²) in [6.45, 7) is 4.25. The SMILES string of the molecule is Cc1cccc(C(=O)Nc2cc(NC(=O)[C@H]3C[C@@H](O)CN3)ccc2C)c1. The molecule has 0 aromatic heterocycles. The first kappa shape index (κ1) is 18.1. The molecule has 0 unspecified atom stereocenters. The Morgan fingerprint density at radius 2 is 1.92 bits per heavy atom. The van der Waals surface area contributed by atoms with Crippen LogP contribution in [-0.4, -0.2) is 35.6 Å². The highest BCUT2D eigenvalue weighted by atomic mass is 16.3. The van der Waals surface area contributed by atoms with Gasteiger partial charge in [0.15, 0.2) is 0 Å². The van der Waals surface area contributed by atoms with Crippen molar-refractivity contribution in [2.75, 3.05) is 17.2 Å². The Morgan fingerprint density at radius 3 is 2.62 bits per heavy atom. The van der Waals surface area contributed by atoms with Gasteiger partial charge < -0.3 is 21.1 Å². The lowest BCUT2D eigenvalue weighted by molar-refractivity contribution is -0.117. The molecule has 0 saturated carbocycles. The Bertz CT molecular complexity index is 835. The number of carbonyl (C=O) groups is 2. The van der Waals surface area contributed by atoms with E-state index in [2.05, 4.69) is 16.0 Å². The Hall–Kier alpha value is -2.70. The Labute approximate surface area is 152 Å². The van der Waals surface area contributed by atoms with Crippen LogP contribution in [-0.2, 0) is 4.79 Å². The summed E-state index contributed by atoms with van der Waals surface area (Å²) in [5, 5.41) is 18.2. The van der Waals surface area contributed by atoms with Gasteiger partial charge in [0.1, 0.15) is 0 Å². The number of hydrogen-bond acceptors (Lipinski definition) is 4. The number of aliphatic hydroxyl groups is 1. The highest BCUT2D eigenvalue weighted by Gasteiger charge is 2.28. The predicted molar refractivity (Wildman–Crippen MR) is 101 cm³/mol. The van der Waals surface area contributed by atoms with Gasteiger partial charge in [0.2, 0.25) is 5.91 Å². The summed E-state index contributed by atoms with van der Waals surface area (Å²) in [6.07, 6.45) is -0.0952. The quantitative estimate of drug-likeness (QED) is 0.678. The van der Waals surface area contributed by atoms with E-state index in [1.807, 2.05) is 38.1 Å². The summed E-state index contributed by atoms with van der Waals surface area (Å²) in [5.74, 6) is -0.387. The molecule has 2 amide bonds. The van der Waals surface area contributed by atoms with Crippen molar-refractivity contribution >= 4 is 23.2 Å². The normalized spacial score (nSPS) is 19.2.